The Morgan fingerprint density at radius 2 is 2.16 bits per heavy atom. The maximum absolute atomic E-state index is 11.9. The van der Waals surface area contributed by atoms with Gasteiger partial charge in [0.1, 0.15) is 0 Å². The van der Waals surface area contributed by atoms with E-state index in [0.717, 1.165) is 25.9 Å². The summed E-state index contributed by atoms with van der Waals surface area (Å²) in [6, 6.07) is 0. The first-order valence-electron chi connectivity index (χ1n) is 6.20. The highest BCUT2D eigenvalue weighted by Crippen LogP contribution is 2.27. The molecule has 1 saturated heterocycles. The van der Waals surface area contributed by atoms with Crippen LogP contribution in [0.5, 0.6) is 0 Å². The van der Waals surface area contributed by atoms with Crippen molar-refractivity contribution in [1.29, 1.82) is 0 Å². The molecule has 5 nitrogen and oxygen atoms in total. The van der Waals surface area contributed by atoms with Crippen LogP contribution in [0.1, 0.15) is 31.2 Å². The number of aromatic amines is 1. The molecule has 0 aromatic carbocycles. The fourth-order valence-electron chi connectivity index (χ4n) is 2.33. The Balaban J connectivity index is 0.00000162. The van der Waals surface area contributed by atoms with Crippen molar-refractivity contribution < 1.29 is 4.79 Å². The molecule has 1 fully saturated rings. The lowest BCUT2D eigenvalue weighted by atomic mass is 9.91. The van der Waals surface area contributed by atoms with Gasteiger partial charge in [-0.2, -0.15) is 5.10 Å². The first-order valence-corrected chi connectivity index (χ1v) is 6.20. The van der Waals surface area contributed by atoms with E-state index in [0.29, 0.717) is 12.5 Å². The average molecular weight is 309 g/mol. The van der Waals surface area contributed by atoms with E-state index in [9.17, 15) is 4.79 Å². The molecule has 1 aliphatic heterocycles. The van der Waals surface area contributed by atoms with Crippen molar-refractivity contribution in [1.82, 2.24) is 15.1 Å². The van der Waals surface area contributed by atoms with Crippen LogP contribution < -0.4 is 5.73 Å². The number of rotatable bonds is 3. The molecule has 0 bridgehead atoms. The summed E-state index contributed by atoms with van der Waals surface area (Å²) >= 11 is 0. The number of halogens is 2. The second kappa shape index (κ2) is 8.40. The van der Waals surface area contributed by atoms with Crippen molar-refractivity contribution in [2.45, 2.75) is 25.7 Å². The van der Waals surface area contributed by atoms with E-state index in [1.54, 1.807) is 0 Å². The number of nitrogens with zero attached hydrogens (tertiary/aromatic N) is 2. The highest BCUT2D eigenvalue weighted by atomic mass is 35.5. The van der Waals surface area contributed by atoms with Crippen LogP contribution in [-0.2, 0) is 4.79 Å². The number of likely N-dealkylation sites (tertiary alicyclic amines) is 1. The van der Waals surface area contributed by atoms with E-state index in [4.69, 9.17) is 5.73 Å². The van der Waals surface area contributed by atoms with Crippen LogP contribution >= 0.6 is 24.8 Å². The molecule has 0 radical (unpaired) electrons. The number of aromatic nitrogens is 2. The summed E-state index contributed by atoms with van der Waals surface area (Å²) < 4.78 is 0. The molecule has 1 aromatic heterocycles. The smallest absolute Gasteiger partial charge is 0.226 e. The lowest BCUT2D eigenvalue weighted by Gasteiger charge is -2.33. The highest BCUT2D eigenvalue weighted by molar-refractivity contribution is 5.85. The zero-order chi connectivity index (χ0) is 12.3. The third kappa shape index (κ3) is 4.37. The second-order valence-electron chi connectivity index (χ2n) is 4.77. The minimum absolute atomic E-state index is 0. The van der Waals surface area contributed by atoms with Gasteiger partial charge in [-0.15, -0.1) is 24.8 Å². The summed E-state index contributed by atoms with van der Waals surface area (Å²) in [5.41, 5.74) is 6.78. The molecular weight excluding hydrogens is 287 g/mol. The number of carbonyl (C=O) groups excluding carboxylic acids is 1. The lowest BCUT2D eigenvalue weighted by Crippen LogP contribution is -2.42. The van der Waals surface area contributed by atoms with Gasteiger partial charge in [-0.1, -0.05) is 6.92 Å². The lowest BCUT2D eigenvalue weighted by molar-refractivity contribution is -0.135. The number of nitrogens with two attached hydrogens (primary N) is 1. The first-order chi connectivity index (χ1) is 8.22. The Morgan fingerprint density at radius 3 is 2.63 bits per heavy atom. The number of hydrogen-bond donors (Lipinski definition) is 2. The van der Waals surface area contributed by atoms with Crippen LogP contribution in [-0.4, -0.2) is 40.6 Å². The fourth-order valence-corrected chi connectivity index (χ4v) is 2.33. The maximum atomic E-state index is 11.9. The molecule has 0 saturated carbocycles. The van der Waals surface area contributed by atoms with Crippen LogP contribution in [0.2, 0.25) is 0 Å². The van der Waals surface area contributed by atoms with Gasteiger partial charge in [0.05, 0.1) is 6.20 Å². The summed E-state index contributed by atoms with van der Waals surface area (Å²) in [6.45, 7) is 3.99. The number of piperidine rings is 1. The molecule has 1 aliphatic rings. The topological polar surface area (TPSA) is 75.0 Å². The Labute approximate surface area is 126 Å². The Hall–Kier alpha value is -0.780. The van der Waals surface area contributed by atoms with Gasteiger partial charge in [-0.25, -0.2) is 0 Å². The average Bonchev–Trinajstić information content (AvgIpc) is 2.91. The van der Waals surface area contributed by atoms with E-state index in [-0.39, 0.29) is 36.6 Å². The Kier molecular flexibility index (Phi) is 8.06. The molecule has 1 aromatic rings. The number of amides is 1. The molecule has 0 aliphatic carbocycles. The van der Waals surface area contributed by atoms with Crippen molar-refractivity contribution >= 4 is 30.7 Å². The molecule has 3 N–H and O–H groups in total. The van der Waals surface area contributed by atoms with Crippen LogP contribution in [0, 0.1) is 5.92 Å². The zero-order valence-electron chi connectivity index (χ0n) is 11.0. The number of carbonyl (C=O) groups is 1. The predicted octanol–water partition coefficient (Wildman–Crippen LogP) is 1.55. The van der Waals surface area contributed by atoms with Gasteiger partial charge >= 0.3 is 0 Å². The zero-order valence-corrected chi connectivity index (χ0v) is 12.7. The van der Waals surface area contributed by atoms with Gasteiger partial charge < -0.3 is 10.6 Å². The van der Waals surface area contributed by atoms with Crippen molar-refractivity contribution in [2.75, 3.05) is 19.6 Å². The summed E-state index contributed by atoms with van der Waals surface area (Å²) in [5, 5.41) is 6.81. The van der Waals surface area contributed by atoms with E-state index >= 15 is 0 Å². The van der Waals surface area contributed by atoms with Crippen molar-refractivity contribution in [3.8, 4) is 0 Å². The summed E-state index contributed by atoms with van der Waals surface area (Å²) in [5.74, 6) is 0.671. The standard InChI is InChI=1S/C12H20N4O.2ClH/c1-9(6-13)12(17)16-4-2-10(3-5-16)11-7-14-15-8-11;;/h7-10H,2-6,13H2,1H3,(H,14,15);2*1H. The monoisotopic (exact) mass is 308 g/mol. The largest absolute Gasteiger partial charge is 0.342 e. The first kappa shape index (κ1) is 18.2. The summed E-state index contributed by atoms with van der Waals surface area (Å²) in [7, 11) is 0. The molecular formula is C12H22Cl2N4O. The van der Waals surface area contributed by atoms with Gasteiger partial charge in [0.25, 0.3) is 0 Å². The molecule has 19 heavy (non-hydrogen) atoms. The number of hydrogen-bond acceptors (Lipinski definition) is 3. The molecule has 1 amide bonds. The van der Waals surface area contributed by atoms with Crippen LogP contribution in [0.25, 0.3) is 0 Å². The van der Waals surface area contributed by atoms with E-state index in [1.165, 1.54) is 5.56 Å². The number of nitrogens with one attached hydrogen (secondary N) is 1. The molecule has 7 heteroatoms. The molecule has 0 spiro atoms. The molecule has 1 atom stereocenters. The van der Waals surface area contributed by atoms with Gasteiger partial charge in [-0.3, -0.25) is 9.89 Å². The normalized spacial score (nSPS) is 17.3. The van der Waals surface area contributed by atoms with Gasteiger partial charge in [0, 0.05) is 31.7 Å². The minimum atomic E-state index is -0.0551. The maximum Gasteiger partial charge on any atom is 0.226 e. The molecule has 110 valence electrons. The van der Waals surface area contributed by atoms with E-state index in [1.807, 2.05) is 24.2 Å². The minimum Gasteiger partial charge on any atom is -0.342 e. The number of H-pyrrole nitrogens is 1. The van der Waals surface area contributed by atoms with Gasteiger partial charge in [-0.05, 0) is 24.3 Å². The Bertz CT molecular complexity index is 364. The second-order valence-corrected chi connectivity index (χ2v) is 4.77. The summed E-state index contributed by atoms with van der Waals surface area (Å²) in [4.78, 5) is 13.9. The third-order valence-corrected chi connectivity index (χ3v) is 3.57. The quantitative estimate of drug-likeness (QED) is 0.889. The SMILES string of the molecule is CC(CN)C(=O)N1CCC(c2cn[nH]c2)CC1.Cl.Cl. The van der Waals surface area contributed by atoms with Crippen LogP contribution in [0.15, 0.2) is 12.4 Å². The molecule has 2 heterocycles. The molecule has 2 rings (SSSR count). The van der Waals surface area contributed by atoms with Crippen LogP contribution in [0.4, 0.5) is 0 Å². The van der Waals surface area contributed by atoms with Crippen molar-refractivity contribution in [3.05, 3.63) is 18.0 Å². The van der Waals surface area contributed by atoms with E-state index in [2.05, 4.69) is 10.2 Å². The third-order valence-electron chi connectivity index (χ3n) is 3.57. The van der Waals surface area contributed by atoms with Crippen molar-refractivity contribution in [2.24, 2.45) is 11.7 Å². The van der Waals surface area contributed by atoms with Gasteiger partial charge in [0.2, 0.25) is 5.91 Å². The van der Waals surface area contributed by atoms with Crippen LogP contribution in [0.3, 0.4) is 0 Å². The highest BCUT2D eigenvalue weighted by Gasteiger charge is 2.26. The predicted molar refractivity (Wildman–Crippen MR) is 79.9 cm³/mol. The summed E-state index contributed by atoms with van der Waals surface area (Å²) in [6.07, 6.45) is 5.86. The fraction of sp³-hybridized carbons (Fsp3) is 0.667. The van der Waals surface area contributed by atoms with Gasteiger partial charge in [0.15, 0.2) is 0 Å². The Morgan fingerprint density at radius 1 is 1.53 bits per heavy atom. The van der Waals surface area contributed by atoms with Crippen molar-refractivity contribution in [3.63, 3.8) is 0 Å². The molecule has 1 unspecified atom stereocenters. The van der Waals surface area contributed by atoms with E-state index < -0.39 is 0 Å².